The first-order valence-electron chi connectivity index (χ1n) is 8.58. The molecule has 2 aromatic rings. The number of ether oxygens (including phenoxy) is 2. The lowest BCUT2D eigenvalue weighted by Gasteiger charge is -2.24. The second-order valence-corrected chi connectivity index (χ2v) is 7.46. The average molecular weight is 340 g/mol. The van der Waals surface area contributed by atoms with Crippen molar-refractivity contribution in [3.05, 3.63) is 60.2 Å². The predicted octanol–water partition coefficient (Wildman–Crippen LogP) is 4.99. The molecule has 0 aliphatic carbocycles. The second-order valence-electron chi connectivity index (χ2n) is 7.46. The summed E-state index contributed by atoms with van der Waals surface area (Å²) in [5.74, 6) is 0.824. The topological polar surface area (TPSA) is 59.1 Å². The van der Waals surface area contributed by atoms with Gasteiger partial charge in [0, 0.05) is 0 Å². The average Bonchev–Trinajstić information content (AvgIpc) is 3.35. The van der Waals surface area contributed by atoms with Gasteiger partial charge in [0.2, 0.25) is 0 Å². The predicted molar refractivity (Wildman–Crippen MR) is 95.9 cm³/mol. The third-order valence-corrected chi connectivity index (χ3v) is 4.67. The molecule has 0 radical (unpaired) electrons. The third kappa shape index (κ3) is 4.60. The molecule has 1 fully saturated rings. The van der Waals surface area contributed by atoms with E-state index >= 15 is 0 Å². The van der Waals surface area contributed by atoms with Crippen LogP contribution >= 0.6 is 0 Å². The summed E-state index contributed by atoms with van der Waals surface area (Å²) in [5.41, 5.74) is 0.543. The maximum atomic E-state index is 11.0. The molecule has 2 aromatic carbocycles. The molecular weight excluding hydrogens is 316 g/mol. The Bertz CT molecular complexity index is 733. The molecule has 1 N–H and O–H groups in total. The van der Waals surface area contributed by atoms with E-state index in [1.54, 1.807) is 0 Å². The lowest BCUT2D eigenvalue weighted by Crippen LogP contribution is -2.20. The van der Waals surface area contributed by atoms with Gasteiger partial charge in [0.1, 0.15) is 17.1 Å². The number of rotatable bonds is 8. The first-order valence-corrected chi connectivity index (χ1v) is 8.58. The fraction of sp³-hybridized carbons (Fsp3) is 0.381. The van der Waals surface area contributed by atoms with E-state index < -0.39 is 5.97 Å². The maximum Gasteiger partial charge on any atom is 0.303 e. The van der Waals surface area contributed by atoms with Crippen molar-refractivity contribution in [2.24, 2.45) is 5.41 Å². The summed E-state index contributed by atoms with van der Waals surface area (Å²) in [6.07, 6.45) is 1.77. The van der Waals surface area contributed by atoms with E-state index in [1.807, 2.05) is 62.4 Å². The van der Waals surface area contributed by atoms with Gasteiger partial charge in [-0.05, 0) is 48.1 Å². The zero-order valence-corrected chi connectivity index (χ0v) is 14.7. The molecule has 132 valence electrons. The van der Waals surface area contributed by atoms with Crippen LogP contribution < -0.4 is 4.74 Å². The van der Waals surface area contributed by atoms with Gasteiger partial charge in [-0.15, -0.1) is 0 Å². The van der Waals surface area contributed by atoms with Crippen molar-refractivity contribution in [3.8, 4) is 11.5 Å². The Balaban J connectivity index is 1.69. The van der Waals surface area contributed by atoms with Crippen LogP contribution in [0.1, 0.15) is 38.7 Å². The quantitative estimate of drug-likeness (QED) is 0.688. The van der Waals surface area contributed by atoms with Gasteiger partial charge in [-0.3, -0.25) is 4.79 Å². The highest BCUT2D eigenvalue weighted by molar-refractivity contribution is 5.67. The molecule has 3 rings (SSSR count). The van der Waals surface area contributed by atoms with Crippen LogP contribution in [0.3, 0.4) is 0 Å². The molecule has 0 amide bonds. The standard InChI is InChI=1S/C21H24O4/c1-20(2,14-19(22)23)11-12-21(15-24-21)16-7-6-10-18(13-16)25-17-8-4-3-5-9-17/h3-10,13H,11-12,14-15H2,1-2H3,(H,22,23). The van der Waals surface area contributed by atoms with Crippen LogP contribution in [-0.4, -0.2) is 17.7 Å². The lowest BCUT2D eigenvalue weighted by atomic mass is 9.80. The lowest BCUT2D eigenvalue weighted by molar-refractivity contribution is -0.139. The molecular formula is C21H24O4. The van der Waals surface area contributed by atoms with E-state index in [4.69, 9.17) is 14.6 Å². The van der Waals surface area contributed by atoms with Gasteiger partial charge in [-0.2, -0.15) is 0 Å². The van der Waals surface area contributed by atoms with E-state index in [0.29, 0.717) is 6.61 Å². The Labute approximate surface area is 148 Å². The highest BCUT2D eigenvalue weighted by Crippen LogP contribution is 2.46. The van der Waals surface area contributed by atoms with Gasteiger partial charge < -0.3 is 14.6 Å². The first-order chi connectivity index (χ1) is 11.9. The van der Waals surface area contributed by atoms with Crippen LogP contribution in [-0.2, 0) is 15.1 Å². The van der Waals surface area contributed by atoms with Crippen LogP contribution in [0.5, 0.6) is 11.5 Å². The molecule has 1 unspecified atom stereocenters. The highest BCUT2D eigenvalue weighted by Gasteiger charge is 2.47. The molecule has 1 aliphatic heterocycles. The van der Waals surface area contributed by atoms with Gasteiger partial charge in [0.25, 0.3) is 0 Å². The fourth-order valence-electron chi connectivity index (χ4n) is 3.05. The van der Waals surface area contributed by atoms with Crippen molar-refractivity contribution in [2.75, 3.05) is 6.61 Å². The number of para-hydroxylation sites is 1. The molecule has 0 saturated carbocycles. The Morgan fingerprint density at radius 2 is 1.84 bits per heavy atom. The smallest absolute Gasteiger partial charge is 0.303 e. The number of benzene rings is 2. The van der Waals surface area contributed by atoms with Crippen LogP contribution in [0.25, 0.3) is 0 Å². The summed E-state index contributed by atoms with van der Waals surface area (Å²) in [6.45, 7) is 4.66. The summed E-state index contributed by atoms with van der Waals surface area (Å²) < 4.78 is 11.7. The minimum atomic E-state index is -0.756. The molecule has 1 saturated heterocycles. The van der Waals surface area contributed by atoms with Crippen molar-refractivity contribution in [1.82, 2.24) is 0 Å². The van der Waals surface area contributed by atoms with Crippen molar-refractivity contribution in [1.29, 1.82) is 0 Å². The number of carbonyl (C=O) groups is 1. The van der Waals surface area contributed by atoms with Crippen molar-refractivity contribution in [3.63, 3.8) is 0 Å². The number of aliphatic carboxylic acids is 1. The monoisotopic (exact) mass is 340 g/mol. The molecule has 0 spiro atoms. The number of carboxylic acid groups (broad SMARTS) is 1. The summed E-state index contributed by atoms with van der Waals surface area (Å²) >= 11 is 0. The number of epoxide rings is 1. The van der Waals surface area contributed by atoms with Crippen molar-refractivity contribution < 1.29 is 19.4 Å². The molecule has 0 aromatic heterocycles. The Kier molecular flexibility index (Phi) is 4.82. The van der Waals surface area contributed by atoms with E-state index in [2.05, 4.69) is 6.07 Å². The minimum Gasteiger partial charge on any atom is -0.481 e. The molecule has 25 heavy (non-hydrogen) atoms. The third-order valence-electron chi connectivity index (χ3n) is 4.67. The Morgan fingerprint density at radius 3 is 2.48 bits per heavy atom. The minimum absolute atomic E-state index is 0.167. The zero-order chi connectivity index (χ0) is 17.9. The SMILES string of the molecule is CC(C)(CCC1(c2cccc(Oc3ccccc3)c2)CO1)CC(=O)O. The molecule has 1 aliphatic rings. The largest absolute Gasteiger partial charge is 0.481 e. The van der Waals surface area contributed by atoms with Crippen molar-refractivity contribution in [2.45, 2.75) is 38.7 Å². The first kappa shape index (κ1) is 17.5. The maximum absolute atomic E-state index is 11.0. The van der Waals surface area contributed by atoms with Gasteiger partial charge in [0.15, 0.2) is 0 Å². The van der Waals surface area contributed by atoms with Crippen LogP contribution in [0, 0.1) is 5.41 Å². The summed E-state index contributed by atoms with van der Waals surface area (Å²) in [5, 5.41) is 9.04. The summed E-state index contributed by atoms with van der Waals surface area (Å²) in [4.78, 5) is 11.0. The summed E-state index contributed by atoms with van der Waals surface area (Å²) in [6, 6.07) is 17.6. The van der Waals surface area contributed by atoms with Gasteiger partial charge in [-0.25, -0.2) is 0 Å². The number of hydrogen-bond donors (Lipinski definition) is 1. The Morgan fingerprint density at radius 1 is 1.16 bits per heavy atom. The van der Waals surface area contributed by atoms with Crippen LogP contribution in [0.4, 0.5) is 0 Å². The zero-order valence-electron chi connectivity index (χ0n) is 14.7. The molecule has 0 bridgehead atoms. The van der Waals surface area contributed by atoms with Gasteiger partial charge in [0.05, 0.1) is 13.0 Å². The highest BCUT2D eigenvalue weighted by atomic mass is 16.6. The molecule has 4 nitrogen and oxygen atoms in total. The summed E-state index contributed by atoms with van der Waals surface area (Å²) in [7, 11) is 0. The van der Waals surface area contributed by atoms with E-state index in [-0.39, 0.29) is 17.4 Å². The molecule has 4 heteroatoms. The number of hydrogen-bond acceptors (Lipinski definition) is 3. The van der Waals surface area contributed by atoms with E-state index in [9.17, 15) is 4.79 Å². The van der Waals surface area contributed by atoms with Crippen LogP contribution in [0.2, 0.25) is 0 Å². The molecule has 1 heterocycles. The van der Waals surface area contributed by atoms with Gasteiger partial charge in [-0.1, -0.05) is 44.2 Å². The van der Waals surface area contributed by atoms with E-state index in [1.165, 1.54) is 0 Å². The van der Waals surface area contributed by atoms with Gasteiger partial charge >= 0.3 is 5.97 Å². The van der Waals surface area contributed by atoms with Crippen LogP contribution in [0.15, 0.2) is 54.6 Å². The molecule has 1 atom stereocenters. The number of carboxylic acids is 1. The fourth-order valence-corrected chi connectivity index (χ4v) is 3.05. The second kappa shape index (κ2) is 6.89. The van der Waals surface area contributed by atoms with E-state index in [0.717, 1.165) is 29.9 Å². The Hall–Kier alpha value is -2.33. The van der Waals surface area contributed by atoms with Crippen molar-refractivity contribution >= 4 is 5.97 Å². The normalized spacial score (nSPS) is 19.4.